The van der Waals surface area contributed by atoms with Crippen LogP contribution in [0.5, 0.6) is 0 Å². The van der Waals surface area contributed by atoms with Crippen molar-refractivity contribution in [3.63, 3.8) is 0 Å². The van der Waals surface area contributed by atoms with Crippen molar-refractivity contribution in [2.75, 3.05) is 31.8 Å². The summed E-state index contributed by atoms with van der Waals surface area (Å²) in [5.74, 6) is -0.163. The summed E-state index contributed by atoms with van der Waals surface area (Å²) in [7, 11) is 2.87. The third-order valence-electron chi connectivity index (χ3n) is 2.89. The molecule has 20 heavy (non-hydrogen) atoms. The average Bonchev–Trinajstić information content (AvgIpc) is 2.44. The number of pyridine rings is 1. The lowest BCUT2D eigenvalue weighted by Gasteiger charge is -2.23. The second-order valence-electron chi connectivity index (χ2n) is 4.96. The van der Waals surface area contributed by atoms with Crippen molar-refractivity contribution in [3.8, 4) is 0 Å². The van der Waals surface area contributed by atoms with E-state index in [1.54, 1.807) is 20.9 Å². The highest BCUT2D eigenvalue weighted by atomic mass is 16.5. The number of rotatable bonds is 5. The van der Waals surface area contributed by atoms with Crippen LogP contribution in [0.2, 0.25) is 0 Å². The van der Waals surface area contributed by atoms with E-state index < -0.39 is 11.4 Å². The molecule has 110 valence electrons. The van der Waals surface area contributed by atoms with Gasteiger partial charge in [0.05, 0.1) is 30.0 Å². The molecule has 0 unspecified atom stereocenters. The van der Waals surface area contributed by atoms with Crippen LogP contribution < -0.4 is 16.4 Å². The first-order chi connectivity index (χ1) is 9.31. The van der Waals surface area contributed by atoms with Gasteiger partial charge >= 0.3 is 5.97 Å². The van der Waals surface area contributed by atoms with E-state index in [0.717, 1.165) is 0 Å². The Bertz CT molecular complexity index is 514. The molecule has 0 bridgehead atoms. The highest BCUT2D eigenvalue weighted by Gasteiger charge is 2.26. The predicted octanol–water partition coefficient (Wildman–Crippen LogP) is 0.634. The lowest BCUT2D eigenvalue weighted by Crippen LogP contribution is -2.39. The van der Waals surface area contributed by atoms with Crippen molar-refractivity contribution in [2.24, 2.45) is 5.41 Å². The number of hydrogen-bond donors (Lipinski definition) is 3. The van der Waals surface area contributed by atoms with Crippen LogP contribution in [0, 0.1) is 5.41 Å². The summed E-state index contributed by atoms with van der Waals surface area (Å²) in [5, 5.41) is 5.61. The van der Waals surface area contributed by atoms with Crippen LogP contribution in [0.25, 0.3) is 0 Å². The maximum Gasteiger partial charge on any atom is 0.340 e. The van der Waals surface area contributed by atoms with Crippen molar-refractivity contribution >= 4 is 23.4 Å². The number of amides is 1. The topological polar surface area (TPSA) is 106 Å². The Hall–Kier alpha value is -2.31. The normalized spacial score (nSPS) is 10.8. The summed E-state index contributed by atoms with van der Waals surface area (Å²) < 4.78 is 4.63. The van der Waals surface area contributed by atoms with E-state index >= 15 is 0 Å². The van der Waals surface area contributed by atoms with E-state index in [9.17, 15) is 9.59 Å². The quantitative estimate of drug-likeness (QED) is 0.683. The fraction of sp³-hybridized carbons (Fsp3) is 0.462. The van der Waals surface area contributed by atoms with Gasteiger partial charge in [-0.05, 0) is 19.9 Å². The smallest absolute Gasteiger partial charge is 0.340 e. The van der Waals surface area contributed by atoms with Crippen LogP contribution >= 0.6 is 0 Å². The van der Waals surface area contributed by atoms with E-state index in [4.69, 9.17) is 5.73 Å². The molecule has 0 aromatic carbocycles. The third kappa shape index (κ3) is 3.59. The molecule has 4 N–H and O–H groups in total. The number of esters is 1. The van der Waals surface area contributed by atoms with Crippen molar-refractivity contribution in [3.05, 3.63) is 17.8 Å². The molecule has 1 amide bonds. The van der Waals surface area contributed by atoms with Crippen LogP contribution in [-0.2, 0) is 9.53 Å². The number of nitrogens with one attached hydrogen (secondary N) is 2. The van der Waals surface area contributed by atoms with Gasteiger partial charge in [-0.15, -0.1) is 0 Å². The van der Waals surface area contributed by atoms with Gasteiger partial charge in [-0.3, -0.25) is 4.79 Å². The largest absolute Gasteiger partial charge is 0.465 e. The van der Waals surface area contributed by atoms with Gasteiger partial charge in [0.2, 0.25) is 5.91 Å². The number of nitrogens with two attached hydrogens (primary N) is 1. The van der Waals surface area contributed by atoms with Crippen molar-refractivity contribution in [1.29, 1.82) is 0 Å². The Kier molecular flexibility index (Phi) is 4.90. The number of carbonyl (C=O) groups is 2. The fourth-order valence-electron chi connectivity index (χ4n) is 1.58. The first kappa shape index (κ1) is 15.7. The molecule has 0 saturated heterocycles. The second-order valence-corrected chi connectivity index (χ2v) is 4.96. The molecule has 0 atom stereocenters. The summed E-state index contributed by atoms with van der Waals surface area (Å²) in [6, 6.07) is 1.50. The number of nitrogens with zero attached hydrogens (tertiary/aromatic N) is 1. The molecule has 0 radical (unpaired) electrons. The molecule has 0 aliphatic rings. The van der Waals surface area contributed by atoms with Gasteiger partial charge < -0.3 is 21.1 Å². The Balaban J connectivity index is 2.84. The Labute approximate surface area is 117 Å². The summed E-state index contributed by atoms with van der Waals surface area (Å²) in [6.45, 7) is 3.97. The number of anilines is 2. The highest BCUT2D eigenvalue weighted by Crippen LogP contribution is 2.19. The third-order valence-corrected chi connectivity index (χ3v) is 2.89. The predicted molar refractivity (Wildman–Crippen MR) is 76.3 cm³/mol. The molecule has 0 aliphatic heterocycles. The zero-order chi connectivity index (χ0) is 15.3. The summed E-state index contributed by atoms with van der Waals surface area (Å²) >= 11 is 0. The molecule has 0 fully saturated rings. The van der Waals surface area contributed by atoms with Gasteiger partial charge in [0.25, 0.3) is 0 Å². The number of nitrogen functional groups attached to an aromatic ring is 1. The van der Waals surface area contributed by atoms with Crippen molar-refractivity contribution < 1.29 is 14.3 Å². The van der Waals surface area contributed by atoms with Crippen LogP contribution in [0.4, 0.5) is 11.5 Å². The fourth-order valence-corrected chi connectivity index (χ4v) is 1.58. The zero-order valence-corrected chi connectivity index (χ0v) is 12.1. The number of ether oxygens (including phenoxy) is 1. The lowest BCUT2D eigenvalue weighted by molar-refractivity contribution is -0.128. The van der Waals surface area contributed by atoms with Gasteiger partial charge in [0, 0.05) is 13.6 Å². The van der Waals surface area contributed by atoms with Crippen LogP contribution in [0.15, 0.2) is 12.3 Å². The van der Waals surface area contributed by atoms with Gasteiger partial charge in [-0.2, -0.15) is 0 Å². The minimum Gasteiger partial charge on any atom is -0.465 e. The van der Waals surface area contributed by atoms with Crippen LogP contribution in [0.1, 0.15) is 24.2 Å². The van der Waals surface area contributed by atoms with Crippen molar-refractivity contribution in [1.82, 2.24) is 10.3 Å². The highest BCUT2D eigenvalue weighted by molar-refractivity contribution is 5.95. The van der Waals surface area contributed by atoms with E-state index in [1.165, 1.54) is 19.4 Å². The van der Waals surface area contributed by atoms with E-state index in [2.05, 4.69) is 20.4 Å². The van der Waals surface area contributed by atoms with Gasteiger partial charge in [-0.1, -0.05) is 0 Å². The van der Waals surface area contributed by atoms with Crippen molar-refractivity contribution in [2.45, 2.75) is 13.8 Å². The molecule has 7 heteroatoms. The maximum absolute atomic E-state index is 11.7. The summed E-state index contributed by atoms with van der Waals surface area (Å²) in [5.41, 5.74) is 5.54. The number of aromatic nitrogens is 1. The molecule has 1 heterocycles. The van der Waals surface area contributed by atoms with Gasteiger partial charge in [-0.25, -0.2) is 9.78 Å². The minimum absolute atomic E-state index is 0.0892. The molecule has 1 aromatic heterocycles. The number of hydrogen-bond acceptors (Lipinski definition) is 6. The Morgan fingerprint density at radius 1 is 1.45 bits per heavy atom. The lowest BCUT2D eigenvalue weighted by atomic mass is 9.92. The molecule has 0 saturated carbocycles. The molecule has 0 spiro atoms. The first-order valence-electron chi connectivity index (χ1n) is 6.11. The van der Waals surface area contributed by atoms with Gasteiger partial charge in [0.15, 0.2) is 0 Å². The summed E-state index contributed by atoms with van der Waals surface area (Å²) in [4.78, 5) is 27.3. The molecule has 1 aromatic rings. The molecule has 0 aliphatic carbocycles. The monoisotopic (exact) mass is 280 g/mol. The molecular weight excluding hydrogens is 260 g/mol. The first-order valence-corrected chi connectivity index (χ1v) is 6.11. The number of carbonyl (C=O) groups excluding carboxylic acids is 2. The van der Waals surface area contributed by atoms with Crippen LogP contribution in [0.3, 0.4) is 0 Å². The van der Waals surface area contributed by atoms with E-state index in [-0.39, 0.29) is 17.2 Å². The van der Waals surface area contributed by atoms with Crippen LogP contribution in [-0.4, -0.2) is 37.6 Å². The number of methoxy groups -OCH3 is 1. The minimum atomic E-state index is -0.608. The standard InChI is InChI=1S/C13H20N4O3/c1-13(2,12(19)15-3)7-17-10-5-8(11(18)20-4)9(14)6-16-10/h5-6H,7,14H2,1-4H3,(H,15,19)(H,16,17). The maximum atomic E-state index is 11.7. The molecule has 1 rings (SSSR count). The summed E-state index contributed by atoms with van der Waals surface area (Å²) in [6.07, 6.45) is 1.38. The zero-order valence-electron chi connectivity index (χ0n) is 12.1. The Morgan fingerprint density at radius 2 is 2.10 bits per heavy atom. The second kappa shape index (κ2) is 6.23. The average molecular weight is 280 g/mol. The molecule has 7 nitrogen and oxygen atoms in total. The Morgan fingerprint density at radius 3 is 2.65 bits per heavy atom. The molecular formula is C13H20N4O3. The van der Waals surface area contributed by atoms with Gasteiger partial charge in [0.1, 0.15) is 5.82 Å². The van der Waals surface area contributed by atoms with E-state index in [1.807, 2.05) is 0 Å². The SMILES string of the molecule is CNC(=O)C(C)(C)CNc1cc(C(=O)OC)c(N)cn1. The van der Waals surface area contributed by atoms with E-state index in [0.29, 0.717) is 12.4 Å².